The fourth-order valence-corrected chi connectivity index (χ4v) is 2.72. The Labute approximate surface area is 134 Å². The highest BCUT2D eigenvalue weighted by atomic mass is 79.9. The Morgan fingerprint density at radius 1 is 1.45 bits per heavy atom. The maximum absolute atomic E-state index is 12.3. The van der Waals surface area contributed by atoms with E-state index in [0.717, 1.165) is 41.7 Å². The molecule has 1 aromatic rings. The summed E-state index contributed by atoms with van der Waals surface area (Å²) in [7, 11) is 1.62. The van der Waals surface area contributed by atoms with Gasteiger partial charge in [0.1, 0.15) is 5.75 Å². The molecule has 1 aliphatic rings. The highest BCUT2D eigenvalue weighted by molar-refractivity contribution is 9.10. The normalized spacial score (nSPS) is 15.7. The van der Waals surface area contributed by atoms with Crippen LogP contribution in [0.2, 0.25) is 0 Å². The van der Waals surface area contributed by atoms with Gasteiger partial charge in [0, 0.05) is 29.2 Å². The van der Waals surface area contributed by atoms with E-state index in [1.54, 1.807) is 7.11 Å². The van der Waals surface area contributed by atoms with Crippen LogP contribution < -0.4 is 10.5 Å². The number of benzene rings is 1. The lowest BCUT2D eigenvalue weighted by atomic mass is 10.0. The number of methoxy groups -OCH3 is 1. The molecule has 4 nitrogen and oxygen atoms in total. The van der Waals surface area contributed by atoms with Gasteiger partial charge in [0.15, 0.2) is 0 Å². The Morgan fingerprint density at radius 2 is 2.10 bits per heavy atom. The number of nitrogens with zero attached hydrogens (tertiary/aromatic N) is 1. The first-order valence-corrected chi connectivity index (χ1v) is 7.25. The molecular weight excluding hydrogens is 344 g/mol. The standard InChI is InChI=1S/C14H19BrN2O2.ClH/c1-19-13-3-2-11(15)8-10(13)9-14(18)17-6-4-12(16)5-7-17;/h2-3,8,12H,4-7,9,16H2,1H3;1H. The van der Waals surface area contributed by atoms with Gasteiger partial charge in [-0.05, 0) is 31.0 Å². The molecule has 0 radical (unpaired) electrons. The summed E-state index contributed by atoms with van der Waals surface area (Å²) in [5.41, 5.74) is 6.76. The number of hydrogen-bond donors (Lipinski definition) is 1. The lowest BCUT2D eigenvalue weighted by Crippen LogP contribution is -2.43. The number of ether oxygens (including phenoxy) is 1. The van der Waals surface area contributed by atoms with Crippen molar-refractivity contribution in [2.24, 2.45) is 5.73 Å². The summed E-state index contributed by atoms with van der Waals surface area (Å²) < 4.78 is 6.25. The van der Waals surface area contributed by atoms with Gasteiger partial charge in [-0.25, -0.2) is 0 Å². The number of amides is 1. The Hall–Kier alpha value is -0.780. The average Bonchev–Trinajstić information content (AvgIpc) is 2.39. The second-order valence-corrected chi connectivity index (χ2v) is 5.77. The zero-order valence-electron chi connectivity index (χ0n) is 11.5. The van der Waals surface area contributed by atoms with Crippen LogP contribution in [0.25, 0.3) is 0 Å². The lowest BCUT2D eigenvalue weighted by Gasteiger charge is -2.30. The highest BCUT2D eigenvalue weighted by Crippen LogP contribution is 2.24. The van der Waals surface area contributed by atoms with Gasteiger partial charge in [0.2, 0.25) is 5.91 Å². The second kappa shape index (κ2) is 7.86. The van der Waals surface area contributed by atoms with Crippen LogP contribution in [-0.4, -0.2) is 37.0 Å². The predicted octanol–water partition coefficient (Wildman–Crippen LogP) is 2.37. The summed E-state index contributed by atoms with van der Waals surface area (Å²) in [4.78, 5) is 14.2. The number of nitrogens with two attached hydrogens (primary N) is 1. The molecular formula is C14H20BrClN2O2. The van der Waals surface area contributed by atoms with Crippen LogP contribution in [-0.2, 0) is 11.2 Å². The monoisotopic (exact) mass is 362 g/mol. The van der Waals surface area contributed by atoms with Crippen molar-refractivity contribution in [1.29, 1.82) is 0 Å². The van der Waals surface area contributed by atoms with Gasteiger partial charge in [-0.1, -0.05) is 15.9 Å². The molecule has 1 amide bonds. The number of halogens is 2. The van der Waals surface area contributed by atoms with Crippen LogP contribution in [0, 0.1) is 0 Å². The van der Waals surface area contributed by atoms with E-state index >= 15 is 0 Å². The number of carbonyl (C=O) groups excluding carboxylic acids is 1. The number of likely N-dealkylation sites (tertiary alicyclic amines) is 1. The van der Waals surface area contributed by atoms with E-state index in [9.17, 15) is 4.79 Å². The van der Waals surface area contributed by atoms with Crippen LogP contribution in [0.1, 0.15) is 18.4 Å². The first-order valence-electron chi connectivity index (χ1n) is 6.46. The third-order valence-electron chi connectivity index (χ3n) is 3.48. The molecule has 1 heterocycles. The number of carbonyl (C=O) groups is 1. The zero-order chi connectivity index (χ0) is 13.8. The van der Waals surface area contributed by atoms with Crippen LogP contribution in [0.4, 0.5) is 0 Å². The van der Waals surface area contributed by atoms with Crippen molar-refractivity contribution >= 4 is 34.2 Å². The Bertz CT molecular complexity index is 462. The maximum Gasteiger partial charge on any atom is 0.227 e. The van der Waals surface area contributed by atoms with Gasteiger partial charge in [0.05, 0.1) is 13.5 Å². The molecule has 0 saturated carbocycles. The number of rotatable bonds is 3. The summed E-state index contributed by atoms with van der Waals surface area (Å²) >= 11 is 3.42. The minimum Gasteiger partial charge on any atom is -0.496 e. The van der Waals surface area contributed by atoms with Crippen LogP contribution in [0.3, 0.4) is 0 Å². The van der Waals surface area contributed by atoms with E-state index < -0.39 is 0 Å². The molecule has 0 bridgehead atoms. The summed E-state index contributed by atoms with van der Waals surface area (Å²) in [6.07, 6.45) is 2.15. The van der Waals surface area contributed by atoms with E-state index in [4.69, 9.17) is 10.5 Å². The topological polar surface area (TPSA) is 55.6 Å². The number of piperidine rings is 1. The smallest absolute Gasteiger partial charge is 0.227 e. The average molecular weight is 364 g/mol. The minimum atomic E-state index is 0. The summed E-state index contributed by atoms with van der Waals surface area (Å²) in [5, 5.41) is 0. The summed E-state index contributed by atoms with van der Waals surface area (Å²) in [6.45, 7) is 1.52. The Morgan fingerprint density at radius 3 is 2.70 bits per heavy atom. The van der Waals surface area contributed by atoms with E-state index in [1.807, 2.05) is 23.1 Å². The largest absolute Gasteiger partial charge is 0.496 e. The van der Waals surface area contributed by atoms with Gasteiger partial charge >= 0.3 is 0 Å². The van der Waals surface area contributed by atoms with Crippen molar-refractivity contribution in [3.63, 3.8) is 0 Å². The van der Waals surface area contributed by atoms with Crippen molar-refractivity contribution in [3.8, 4) is 5.75 Å². The van der Waals surface area contributed by atoms with E-state index in [2.05, 4.69) is 15.9 Å². The van der Waals surface area contributed by atoms with Gasteiger partial charge in [-0.3, -0.25) is 4.79 Å². The van der Waals surface area contributed by atoms with Gasteiger partial charge in [-0.2, -0.15) is 0 Å². The third-order valence-corrected chi connectivity index (χ3v) is 3.97. The van der Waals surface area contributed by atoms with Crippen LogP contribution in [0.15, 0.2) is 22.7 Å². The molecule has 112 valence electrons. The van der Waals surface area contributed by atoms with Crippen LogP contribution in [0.5, 0.6) is 5.75 Å². The second-order valence-electron chi connectivity index (χ2n) is 4.85. The number of hydrogen-bond acceptors (Lipinski definition) is 3. The summed E-state index contributed by atoms with van der Waals surface area (Å²) in [6, 6.07) is 5.96. The molecule has 1 saturated heterocycles. The Kier molecular flexibility index (Phi) is 6.79. The molecule has 0 aromatic heterocycles. The minimum absolute atomic E-state index is 0. The predicted molar refractivity (Wildman–Crippen MR) is 85.4 cm³/mol. The van der Waals surface area contributed by atoms with Gasteiger partial charge in [-0.15, -0.1) is 12.4 Å². The SMILES string of the molecule is COc1ccc(Br)cc1CC(=O)N1CCC(N)CC1.Cl. The van der Waals surface area contributed by atoms with Gasteiger partial charge < -0.3 is 15.4 Å². The first-order chi connectivity index (χ1) is 9.10. The van der Waals surface area contributed by atoms with Crippen molar-refractivity contribution in [3.05, 3.63) is 28.2 Å². The van der Waals surface area contributed by atoms with Crippen molar-refractivity contribution in [2.75, 3.05) is 20.2 Å². The fourth-order valence-electron chi connectivity index (χ4n) is 2.31. The summed E-state index contributed by atoms with van der Waals surface area (Å²) in [5.74, 6) is 0.897. The third kappa shape index (κ3) is 4.36. The zero-order valence-corrected chi connectivity index (χ0v) is 13.9. The molecule has 0 atom stereocenters. The Balaban J connectivity index is 0.00000200. The molecule has 2 N–H and O–H groups in total. The van der Waals surface area contributed by atoms with E-state index in [0.29, 0.717) is 6.42 Å². The molecule has 1 aromatic carbocycles. The molecule has 20 heavy (non-hydrogen) atoms. The van der Waals surface area contributed by atoms with Crippen molar-refractivity contribution < 1.29 is 9.53 Å². The maximum atomic E-state index is 12.3. The molecule has 0 unspecified atom stereocenters. The molecule has 0 spiro atoms. The van der Waals surface area contributed by atoms with Crippen molar-refractivity contribution in [1.82, 2.24) is 4.90 Å². The van der Waals surface area contributed by atoms with E-state index in [-0.39, 0.29) is 24.4 Å². The molecule has 0 aliphatic carbocycles. The van der Waals surface area contributed by atoms with Crippen molar-refractivity contribution in [2.45, 2.75) is 25.3 Å². The molecule has 1 aliphatic heterocycles. The first kappa shape index (κ1) is 17.3. The molecule has 2 rings (SSSR count). The fraction of sp³-hybridized carbons (Fsp3) is 0.500. The molecule has 6 heteroatoms. The highest BCUT2D eigenvalue weighted by Gasteiger charge is 2.21. The quantitative estimate of drug-likeness (QED) is 0.897. The van der Waals surface area contributed by atoms with Crippen LogP contribution >= 0.6 is 28.3 Å². The molecule has 1 fully saturated rings. The lowest BCUT2D eigenvalue weighted by molar-refractivity contribution is -0.131. The van der Waals surface area contributed by atoms with E-state index in [1.165, 1.54) is 0 Å². The van der Waals surface area contributed by atoms with Gasteiger partial charge in [0.25, 0.3) is 0 Å².